The lowest BCUT2D eigenvalue weighted by molar-refractivity contribution is 0.330. The van der Waals surface area contributed by atoms with Crippen LogP contribution in [0.5, 0.6) is 5.88 Å². The van der Waals surface area contributed by atoms with Crippen LogP contribution in [-0.4, -0.2) is 36.2 Å². The van der Waals surface area contributed by atoms with E-state index >= 15 is 0 Å². The van der Waals surface area contributed by atoms with Gasteiger partial charge in [-0.25, -0.2) is 18.4 Å². The van der Waals surface area contributed by atoms with Crippen molar-refractivity contribution in [2.24, 2.45) is 0 Å². The van der Waals surface area contributed by atoms with Crippen molar-refractivity contribution in [3.05, 3.63) is 36.5 Å². The summed E-state index contributed by atoms with van der Waals surface area (Å²) in [6, 6.07) is 8.81. The van der Waals surface area contributed by atoms with E-state index in [2.05, 4.69) is 19.7 Å². The Morgan fingerprint density at radius 2 is 2.00 bits per heavy atom. The zero-order valence-electron chi connectivity index (χ0n) is 13.7. The van der Waals surface area contributed by atoms with Crippen molar-refractivity contribution in [2.45, 2.75) is 6.92 Å². The van der Waals surface area contributed by atoms with E-state index < -0.39 is 10.0 Å². The third-order valence-corrected chi connectivity index (χ3v) is 3.91. The van der Waals surface area contributed by atoms with Gasteiger partial charge in [0.05, 0.1) is 18.4 Å². The molecule has 8 nitrogen and oxygen atoms in total. The van der Waals surface area contributed by atoms with E-state index in [0.717, 1.165) is 17.4 Å². The van der Waals surface area contributed by atoms with Crippen LogP contribution in [0, 0.1) is 0 Å². The van der Waals surface area contributed by atoms with Gasteiger partial charge in [-0.3, -0.25) is 4.72 Å². The van der Waals surface area contributed by atoms with Crippen LogP contribution in [0.1, 0.15) is 6.92 Å². The number of anilines is 2. The van der Waals surface area contributed by atoms with Crippen LogP contribution in [0.2, 0.25) is 0 Å². The number of sulfonamides is 1. The number of nitrogen functional groups attached to an aromatic ring is 1. The number of hydrogen-bond acceptors (Lipinski definition) is 7. The van der Waals surface area contributed by atoms with E-state index in [4.69, 9.17) is 10.5 Å². The lowest BCUT2D eigenvalue weighted by Gasteiger charge is -2.09. The Labute approximate surface area is 145 Å². The second kappa shape index (κ2) is 6.52. The summed E-state index contributed by atoms with van der Waals surface area (Å²) in [6.07, 6.45) is 2.76. The van der Waals surface area contributed by atoms with E-state index in [9.17, 15) is 8.42 Å². The first-order valence-electron chi connectivity index (χ1n) is 7.50. The molecule has 0 fully saturated rings. The van der Waals surface area contributed by atoms with Crippen LogP contribution in [0.4, 0.5) is 11.6 Å². The maximum Gasteiger partial charge on any atom is 0.245 e. The highest BCUT2D eigenvalue weighted by Gasteiger charge is 2.11. The third kappa shape index (κ3) is 3.94. The smallest absolute Gasteiger partial charge is 0.245 e. The van der Waals surface area contributed by atoms with E-state index in [1.165, 1.54) is 0 Å². The predicted molar refractivity (Wildman–Crippen MR) is 96.8 cm³/mol. The summed E-state index contributed by atoms with van der Waals surface area (Å²) in [5.41, 5.74) is 8.83. The molecule has 9 heteroatoms. The maximum atomic E-state index is 11.4. The van der Waals surface area contributed by atoms with Crippen molar-refractivity contribution >= 4 is 32.7 Å². The predicted octanol–water partition coefficient (Wildman–Crippen LogP) is 2.04. The normalized spacial score (nSPS) is 11.4. The number of nitrogens with two attached hydrogens (primary N) is 1. The highest BCUT2D eigenvalue weighted by Crippen LogP contribution is 2.28. The minimum absolute atomic E-state index is 0.0994. The second-order valence-corrected chi connectivity index (χ2v) is 7.12. The van der Waals surface area contributed by atoms with Crippen molar-refractivity contribution < 1.29 is 13.2 Å². The molecule has 1 aromatic carbocycles. The molecule has 3 rings (SSSR count). The molecule has 0 bridgehead atoms. The Morgan fingerprint density at radius 1 is 1.20 bits per heavy atom. The van der Waals surface area contributed by atoms with Gasteiger partial charge in [0.15, 0.2) is 5.52 Å². The molecule has 25 heavy (non-hydrogen) atoms. The van der Waals surface area contributed by atoms with Crippen molar-refractivity contribution in [3.63, 3.8) is 0 Å². The van der Waals surface area contributed by atoms with Crippen LogP contribution in [0.3, 0.4) is 0 Å². The summed E-state index contributed by atoms with van der Waals surface area (Å²) in [5, 5.41) is 0. The summed E-state index contributed by atoms with van der Waals surface area (Å²) in [5.74, 6) is 0.437. The molecule has 2 heterocycles. The summed E-state index contributed by atoms with van der Waals surface area (Å²) in [7, 11) is -3.35. The van der Waals surface area contributed by atoms with E-state index in [1.54, 1.807) is 24.4 Å². The fraction of sp³-hybridized carbons (Fsp3) is 0.188. The van der Waals surface area contributed by atoms with Crippen molar-refractivity contribution in [1.82, 2.24) is 15.0 Å². The Kier molecular flexibility index (Phi) is 4.41. The fourth-order valence-electron chi connectivity index (χ4n) is 2.38. The van der Waals surface area contributed by atoms with Gasteiger partial charge >= 0.3 is 0 Å². The SMILES string of the molecule is CCOc1nc(N)nc2cc(-c3cccc(NS(C)(=O)=O)c3)cnc12. The molecule has 0 aliphatic carbocycles. The molecular weight excluding hydrogens is 342 g/mol. The van der Waals surface area contributed by atoms with Crippen LogP contribution < -0.4 is 15.2 Å². The zero-order chi connectivity index (χ0) is 18.0. The van der Waals surface area contributed by atoms with Gasteiger partial charge in [0.1, 0.15) is 0 Å². The molecule has 0 amide bonds. The topological polar surface area (TPSA) is 120 Å². The van der Waals surface area contributed by atoms with Gasteiger partial charge in [-0.2, -0.15) is 4.98 Å². The Bertz CT molecular complexity index is 1040. The molecule has 0 aliphatic heterocycles. The highest BCUT2D eigenvalue weighted by molar-refractivity contribution is 7.92. The number of pyridine rings is 1. The average molecular weight is 359 g/mol. The first-order valence-corrected chi connectivity index (χ1v) is 9.39. The lowest BCUT2D eigenvalue weighted by Crippen LogP contribution is -2.09. The molecule has 0 spiro atoms. The van der Waals surface area contributed by atoms with Gasteiger partial charge in [0.25, 0.3) is 0 Å². The number of hydrogen-bond donors (Lipinski definition) is 2. The minimum Gasteiger partial charge on any atom is -0.476 e. The molecule has 0 unspecified atom stereocenters. The Morgan fingerprint density at radius 3 is 2.72 bits per heavy atom. The molecule has 0 aliphatic rings. The minimum atomic E-state index is -3.35. The summed E-state index contributed by atoms with van der Waals surface area (Å²) in [6.45, 7) is 2.28. The van der Waals surface area contributed by atoms with E-state index in [0.29, 0.717) is 29.2 Å². The summed E-state index contributed by atoms with van der Waals surface area (Å²) < 4.78 is 30.7. The average Bonchev–Trinajstić information content (AvgIpc) is 2.53. The molecule has 0 saturated heterocycles. The van der Waals surface area contributed by atoms with Crippen LogP contribution in [0.15, 0.2) is 36.5 Å². The summed E-state index contributed by atoms with van der Waals surface area (Å²) in [4.78, 5) is 12.6. The first-order chi connectivity index (χ1) is 11.9. The van der Waals surface area contributed by atoms with Crippen LogP contribution in [-0.2, 0) is 10.0 Å². The molecular formula is C16H17N5O3S. The molecule has 3 aromatic rings. The van der Waals surface area contributed by atoms with Crippen molar-refractivity contribution in [1.29, 1.82) is 0 Å². The molecule has 0 radical (unpaired) electrons. The Hall–Kier alpha value is -2.94. The molecule has 0 saturated carbocycles. The zero-order valence-corrected chi connectivity index (χ0v) is 14.5. The fourth-order valence-corrected chi connectivity index (χ4v) is 2.94. The first kappa shape index (κ1) is 16.9. The second-order valence-electron chi connectivity index (χ2n) is 5.37. The molecule has 0 atom stereocenters. The Balaban J connectivity index is 2.06. The van der Waals surface area contributed by atoms with Crippen LogP contribution >= 0.6 is 0 Å². The van der Waals surface area contributed by atoms with Gasteiger partial charge in [0, 0.05) is 17.4 Å². The van der Waals surface area contributed by atoms with E-state index in [1.807, 2.05) is 19.1 Å². The number of benzene rings is 1. The van der Waals surface area contributed by atoms with Gasteiger partial charge in [-0.05, 0) is 30.7 Å². The van der Waals surface area contributed by atoms with Gasteiger partial charge < -0.3 is 10.5 Å². The number of rotatable bonds is 5. The number of aromatic nitrogens is 3. The van der Waals surface area contributed by atoms with Crippen molar-refractivity contribution in [3.8, 4) is 17.0 Å². The maximum absolute atomic E-state index is 11.4. The lowest BCUT2D eigenvalue weighted by atomic mass is 10.1. The standard InChI is InChI=1S/C16H17N5O3S/c1-3-24-15-14-13(19-16(17)20-15)8-11(9-18-14)10-5-4-6-12(7-10)21-25(2,22)23/h4-9,21H,3H2,1-2H3,(H2,17,19,20). The number of fused-ring (bicyclic) bond motifs is 1. The third-order valence-electron chi connectivity index (χ3n) is 3.30. The summed E-state index contributed by atoms with van der Waals surface area (Å²) >= 11 is 0. The van der Waals surface area contributed by atoms with Gasteiger partial charge in [-0.15, -0.1) is 0 Å². The van der Waals surface area contributed by atoms with Gasteiger partial charge in [-0.1, -0.05) is 12.1 Å². The monoisotopic (exact) mass is 359 g/mol. The number of ether oxygens (including phenoxy) is 1. The molecule has 3 N–H and O–H groups in total. The number of nitrogens with zero attached hydrogens (tertiary/aromatic N) is 3. The molecule has 2 aromatic heterocycles. The largest absolute Gasteiger partial charge is 0.476 e. The highest BCUT2D eigenvalue weighted by atomic mass is 32.2. The van der Waals surface area contributed by atoms with Crippen molar-refractivity contribution in [2.75, 3.05) is 23.3 Å². The van der Waals surface area contributed by atoms with E-state index in [-0.39, 0.29) is 5.95 Å². The van der Waals surface area contributed by atoms with Gasteiger partial charge in [0.2, 0.25) is 21.9 Å². The van der Waals surface area contributed by atoms with Crippen LogP contribution in [0.25, 0.3) is 22.2 Å². The quantitative estimate of drug-likeness (QED) is 0.715. The molecule has 130 valence electrons. The number of nitrogens with one attached hydrogen (secondary N) is 1.